The first-order valence-electron chi connectivity index (χ1n) is 7.68. The van der Waals surface area contributed by atoms with Gasteiger partial charge in [0, 0.05) is 0 Å². The number of nitriles is 1. The number of rotatable bonds is 3. The van der Waals surface area contributed by atoms with Gasteiger partial charge >= 0.3 is 0 Å². The van der Waals surface area contributed by atoms with Gasteiger partial charge in [0.15, 0.2) is 0 Å². The van der Waals surface area contributed by atoms with Crippen molar-refractivity contribution in [1.82, 2.24) is 0 Å². The van der Waals surface area contributed by atoms with Crippen molar-refractivity contribution in [3.63, 3.8) is 0 Å². The Kier molecular flexibility index (Phi) is 3.33. The second-order valence-corrected chi connectivity index (χ2v) is 7.32. The highest BCUT2D eigenvalue weighted by Gasteiger charge is 2.61. The van der Waals surface area contributed by atoms with E-state index in [9.17, 15) is 4.39 Å². The first-order chi connectivity index (χ1) is 9.88. The van der Waals surface area contributed by atoms with Crippen LogP contribution in [0.3, 0.4) is 0 Å². The lowest BCUT2D eigenvalue weighted by atomic mass is 9.70. The number of benzene rings is 1. The van der Waals surface area contributed by atoms with E-state index in [1.807, 2.05) is 0 Å². The van der Waals surface area contributed by atoms with Crippen molar-refractivity contribution in [1.29, 1.82) is 5.26 Å². The van der Waals surface area contributed by atoms with Gasteiger partial charge in [-0.15, -0.1) is 0 Å². The molecule has 3 atom stereocenters. The van der Waals surface area contributed by atoms with Gasteiger partial charge in [-0.05, 0) is 59.8 Å². The topological polar surface area (TPSA) is 33.0 Å². The van der Waals surface area contributed by atoms with Crippen LogP contribution in [0.4, 0.5) is 4.39 Å². The van der Waals surface area contributed by atoms with Gasteiger partial charge in [-0.25, -0.2) is 4.39 Å². The lowest BCUT2D eigenvalue weighted by molar-refractivity contribution is -0.0551. The van der Waals surface area contributed by atoms with Crippen molar-refractivity contribution in [2.45, 2.75) is 52.7 Å². The van der Waals surface area contributed by atoms with E-state index in [0.717, 1.165) is 12.3 Å². The van der Waals surface area contributed by atoms with Crippen molar-refractivity contribution in [3.05, 3.63) is 35.1 Å². The molecule has 2 saturated carbocycles. The molecule has 3 heteroatoms. The Morgan fingerprint density at radius 1 is 1.38 bits per heavy atom. The normalized spacial score (nSPS) is 33.1. The van der Waals surface area contributed by atoms with Crippen LogP contribution in [0.2, 0.25) is 0 Å². The van der Waals surface area contributed by atoms with Crippen molar-refractivity contribution < 1.29 is 9.13 Å². The minimum absolute atomic E-state index is 0.192. The maximum atomic E-state index is 13.4. The van der Waals surface area contributed by atoms with Gasteiger partial charge in [0.1, 0.15) is 5.82 Å². The molecular formula is C18H22FNO. The molecule has 0 radical (unpaired) electrons. The lowest BCUT2D eigenvalue weighted by Gasteiger charge is -2.39. The van der Waals surface area contributed by atoms with E-state index in [4.69, 9.17) is 10.00 Å². The Labute approximate surface area is 125 Å². The Hall–Kier alpha value is -1.40. The molecule has 21 heavy (non-hydrogen) atoms. The third-order valence-electron chi connectivity index (χ3n) is 6.34. The molecule has 0 aromatic heterocycles. The summed E-state index contributed by atoms with van der Waals surface area (Å²) in [5.74, 6) is 0.405. The fourth-order valence-electron chi connectivity index (χ4n) is 4.36. The molecular weight excluding hydrogens is 265 g/mol. The zero-order valence-corrected chi connectivity index (χ0v) is 12.9. The number of ether oxygens (including phenoxy) is 1. The van der Waals surface area contributed by atoms with Gasteiger partial charge in [0.25, 0.3) is 0 Å². The molecule has 0 spiro atoms. The SMILES string of the molecule is CC1(C)C2CCC1(C)C(OCc1cc(F)ccc1C#N)C2. The highest BCUT2D eigenvalue weighted by atomic mass is 19.1. The third kappa shape index (κ3) is 2.08. The summed E-state index contributed by atoms with van der Waals surface area (Å²) >= 11 is 0. The monoisotopic (exact) mass is 287 g/mol. The van der Waals surface area contributed by atoms with Crippen LogP contribution in [-0.2, 0) is 11.3 Å². The van der Waals surface area contributed by atoms with Crippen LogP contribution in [-0.4, -0.2) is 6.10 Å². The summed E-state index contributed by atoms with van der Waals surface area (Å²) in [6, 6.07) is 6.38. The maximum absolute atomic E-state index is 13.4. The van der Waals surface area contributed by atoms with Crippen molar-refractivity contribution >= 4 is 0 Å². The number of halogens is 1. The number of hydrogen-bond donors (Lipinski definition) is 0. The largest absolute Gasteiger partial charge is 0.373 e. The van der Waals surface area contributed by atoms with Gasteiger partial charge in [-0.1, -0.05) is 20.8 Å². The summed E-state index contributed by atoms with van der Waals surface area (Å²) in [5, 5.41) is 9.11. The third-order valence-corrected chi connectivity index (χ3v) is 6.34. The van der Waals surface area contributed by atoms with Crippen LogP contribution in [0, 0.1) is 33.9 Å². The van der Waals surface area contributed by atoms with Gasteiger partial charge in [0.05, 0.1) is 24.3 Å². The van der Waals surface area contributed by atoms with Crippen LogP contribution < -0.4 is 0 Å². The molecule has 0 aliphatic heterocycles. The van der Waals surface area contributed by atoms with Crippen LogP contribution in [0.15, 0.2) is 18.2 Å². The Morgan fingerprint density at radius 3 is 2.71 bits per heavy atom. The average Bonchev–Trinajstić information content (AvgIpc) is 2.78. The molecule has 1 aromatic rings. The van der Waals surface area contributed by atoms with Crippen molar-refractivity contribution in [2.75, 3.05) is 0 Å². The summed E-state index contributed by atoms with van der Waals surface area (Å²) < 4.78 is 19.5. The van der Waals surface area contributed by atoms with Crippen LogP contribution >= 0.6 is 0 Å². The van der Waals surface area contributed by atoms with E-state index in [1.165, 1.54) is 31.0 Å². The van der Waals surface area contributed by atoms with Crippen molar-refractivity contribution in [3.8, 4) is 6.07 Å². The maximum Gasteiger partial charge on any atom is 0.123 e. The van der Waals surface area contributed by atoms with E-state index in [-0.39, 0.29) is 17.3 Å². The van der Waals surface area contributed by atoms with E-state index in [1.54, 1.807) is 0 Å². The second-order valence-electron chi connectivity index (χ2n) is 7.32. The summed E-state index contributed by atoms with van der Waals surface area (Å²) in [6.45, 7) is 7.33. The zero-order valence-electron chi connectivity index (χ0n) is 12.9. The zero-order chi connectivity index (χ0) is 15.3. The van der Waals surface area contributed by atoms with Gasteiger partial charge in [0.2, 0.25) is 0 Å². The van der Waals surface area contributed by atoms with E-state index >= 15 is 0 Å². The summed E-state index contributed by atoms with van der Waals surface area (Å²) in [6.07, 6.45) is 3.78. The molecule has 2 nitrogen and oxygen atoms in total. The van der Waals surface area contributed by atoms with Gasteiger partial charge in [-0.2, -0.15) is 5.26 Å². The highest BCUT2D eigenvalue weighted by molar-refractivity contribution is 5.37. The minimum atomic E-state index is -0.313. The molecule has 3 unspecified atom stereocenters. The van der Waals surface area contributed by atoms with Gasteiger partial charge < -0.3 is 4.74 Å². The van der Waals surface area contributed by atoms with E-state index in [0.29, 0.717) is 23.1 Å². The Morgan fingerprint density at radius 2 is 2.14 bits per heavy atom. The standard InChI is InChI=1S/C18H22FNO/c1-17(2)14-6-7-18(17,3)16(9-14)21-11-13-8-15(19)5-4-12(13)10-20/h4-5,8,14,16H,6-7,9,11H2,1-3H3. The molecule has 0 saturated heterocycles. The molecule has 112 valence electrons. The molecule has 0 N–H and O–H groups in total. The minimum Gasteiger partial charge on any atom is -0.373 e. The number of nitrogens with zero attached hydrogens (tertiary/aromatic N) is 1. The predicted octanol–water partition coefficient (Wildman–Crippen LogP) is 4.43. The van der Waals surface area contributed by atoms with Crippen LogP contribution in [0.25, 0.3) is 0 Å². The molecule has 3 rings (SSSR count). The number of fused-ring (bicyclic) bond motifs is 2. The summed E-state index contributed by atoms with van der Waals surface area (Å²) in [4.78, 5) is 0. The molecule has 1 aromatic carbocycles. The van der Waals surface area contributed by atoms with Crippen LogP contribution in [0.5, 0.6) is 0 Å². The Bertz CT molecular complexity index is 604. The van der Waals surface area contributed by atoms with E-state index < -0.39 is 0 Å². The summed E-state index contributed by atoms with van der Waals surface area (Å²) in [7, 11) is 0. The quantitative estimate of drug-likeness (QED) is 0.824. The number of hydrogen-bond acceptors (Lipinski definition) is 2. The first-order valence-corrected chi connectivity index (χ1v) is 7.68. The fourth-order valence-corrected chi connectivity index (χ4v) is 4.36. The Balaban J connectivity index is 1.76. The van der Waals surface area contributed by atoms with Crippen LogP contribution in [0.1, 0.15) is 51.2 Å². The fraction of sp³-hybridized carbons (Fsp3) is 0.611. The molecule has 2 aliphatic carbocycles. The molecule has 2 aliphatic rings. The first kappa shape index (κ1) is 14.5. The highest BCUT2D eigenvalue weighted by Crippen LogP contribution is 2.66. The van der Waals surface area contributed by atoms with Crippen molar-refractivity contribution in [2.24, 2.45) is 16.7 Å². The smallest absolute Gasteiger partial charge is 0.123 e. The molecule has 0 heterocycles. The predicted molar refractivity (Wildman–Crippen MR) is 78.9 cm³/mol. The molecule has 2 bridgehead atoms. The lowest BCUT2D eigenvalue weighted by Crippen LogP contribution is -2.37. The average molecular weight is 287 g/mol. The molecule has 2 fully saturated rings. The van der Waals surface area contributed by atoms with Gasteiger partial charge in [-0.3, -0.25) is 0 Å². The van der Waals surface area contributed by atoms with E-state index in [2.05, 4.69) is 26.8 Å². The summed E-state index contributed by atoms with van der Waals surface area (Å²) in [5.41, 5.74) is 1.65. The molecule has 0 amide bonds. The second kappa shape index (κ2) is 4.81.